The molecule has 1 aliphatic carbocycles. The van der Waals surface area contributed by atoms with Gasteiger partial charge in [-0.3, -0.25) is 9.89 Å². The summed E-state index contributed by atoms with van der Waals surface area (Å²) in [6.07, 6.45) is 2.34. The molecule has 4 rings (SSSR count). The van der Waals surface area contributed by atoms with Crippen LogP contribution in [0.15, 0.2) is 53.6 Å². The van der Waals surface area contributed by atoms with Gasteiger partial charge in [0, 0.05) is 17.2 Å². The minimum Gasteiger partial charge on any atom is -0.281 e. The standard InChI is InChI=1S/C19H18N4O/c1-12(15-8-4-6-13-5-2-3-7-16(13)15)20-23-19(24)18-11-17(21-22-18)14-9-10-14/h2-8,11,14H,9-10H2,1H3,(H,21,22)(H,23,24). The summed E-state index contributed by atoms with van der Waals surface area (Å²) >= 11 is 0. The fourth-order valence-electron chi connectivity index (χ4n) is 2.85. The van der Waals surface area contributed by atoms with Crippen molar-refractivity contribution in [2.45, 2.75) is 25.7 Å². The van der Waals surface area contributed by atoms with E-state index in [9.17, 15) is 4.79 Å². The molecule has 0 saturated heterocycles. The van der Waals surface area contributed by atoms with Crippen LogP contribution >= 0.6 is 0 Å². The molecular weight excluding hydrogens is 300 g/mol. The molecule has 120 valence electrons. The number of aromatic nitrogens is 2. The number of nitrogens with zero attached hydrogens (tertiary/aromatic N) is 2. The Morgan fingerprint density at radius 3 is 2.83 bits per heavy atom. The molecule has 5 heteroatoms. The third kappa shape index (κ3) is 2.80. The van der Waals surface area contributed by atoms with E-state index in [1.165, 1.54) is 12.8 Å². The Kier molecular flexibility index (Phi) is 3.61. The fraction of sp³-hybridized carbons (Fsp3) is 0.211. The van der Waals surface area contributed by atoms with Gasteiger partial charge in [0.1, 0.15) is 0 Å². The summed E-state index contributed by atoms with van der Waals surface area (Å²) in [4.78, 5) is 12.2. The van der Waals surface area contributed by atoms with E-state index in [-0.39, 0.29) is 5.91 Å². The molecule has 2 N–H and O–H groups in total. The Morgan fingerprint density at radius 2 is 2.00 bits per heavy atom. The van der Waals surface area contributed by atoms with E-state index in [2.05, 4.69) is 38.9 Å². The zero-order valence-electron chi connectivity index (χ0n) is 13.4. The third-order valence-corrected chi connectivity index (χ3v) is 4.35. The highest BCUT2D eigenvalue weighted by atomic mass is 16.2. The first kappa shape index (κ1) is 14.6. The lowest BCUT2D eigenvalue weighted by Crippen LogP contribution is -2.19. The van der Waals surface area contributed by atoms with Crippen LogP contribution < -0.4 is 5.43 Å². The lowest BCUT2D eigenvalue weighted by molar-refractivity contribution is 0.0950. The average molecular weight is 318 g/mol. The Bertz CT molecular complexity index is 932. The molecule has 5 nitrogen and oxygen atoms in total. The quantitative estimate of drug-likeness (QED) is 0.570. The zero-order valence-corrected chi connectivity index (χ0v) is 13.4. The van der Waals surface area contributed by atoms with E-state index < -0.39 is 0 Å². The molecule has 0 unspecified atom stereocenters. The number of hydrogen-bond donors (Lipinski definition) is 2. The van der Waals surface area contributed by atoms with E-state index in [4.69, 9.17) is 0 Å². The Hall–Kier alpha value is -2.95. The number of hydrazone groups is 1. The van der Waals surface area contributed by atoms with E-state index in [1.807, 2.05) is 37.3 Å². The maximum Gasteiger partial charge on any atom is 0.291 e. The lowest BCUT2D eigenvalue weighted by atomic mass is 10.0. The van der Waals surface area contributed by atoms with Crippen molar-refractivity contribution in [1.29, 1.82) is 0 Å². The van der Waals surface area contributed by atoms with Crippen molar-refractivity contribution in [3.63, 3.8) is 0 Å². The number of nitrogens with one attached hydrogen (secondary N) is 2. The van der Waals surface area contributed by atoms with Gasteiger partial charge in [0.25, 0.3) is 5.91 Å². The summed E-state index contributed by atoms with van der Waals surface area (Å²) in [5, 5.41) is 13.5. The maximum atomic E-state index is 12.2. The predicted molar refractivity (Wildman–Crippen MR) is 94.2 cm³/mol. The average Bonchev–Trinajstić information content (AvgIpc) is 3.35. The first-order valence-corrected chi connectivity index (χ1v) is 8.10. The number of carbonyl (C=O) groups is 1. The predicted octanol–water partition coefficient (Wildman–Crippen LogP) is 3.59. The summed E-state index contributed by atoms with van der Waals surface area (Å²) in [6, 6.07) is 16.0. The van der Waals surface area contributed by atoms with Gasteiger partial charge in [0.2, 0.25) is 0 Å². The molecule has 0 bridgehead atoms. The number of H-pyrrole nitrogens is 1. The van der Waals surface area contributed by atoms with Gasteiger partial charge in [-0.1, -0.05) is 42.5 Å². The zero-order chi connectivity index (χ0) is 16.5. The van der Waals surface area contributed by atoms with E-state index >= 15 is 0 Å². The van der Waals surface area contributed by atoms with Crippen molar-refractivity contribution in [3.05, 3.63) is 65.5 Å². The molecule has 1 amide bonds. The molecule has 1 fully saturated rings. The van der Waals surface area contributed by atoms with Crippen molar-refractivity contribution in [2.24, 2.45) is 5.10 Å². The molecule has 0 atom stereocenters. The maximum absolute atomic E-state index is 12.2. The van der Waals surface area contributed by atoms with Crippen molar-refractivity contribution in [3.8, 4) is 0 Å². The minimum absolute atomic E-state index is 0.294. The second kappa shape index (κ2) is 5.92. The van der Waals surface area contributed by atoms with Gasteiger partial charge in [-0.25, -0.2) is 5.43 Å². The highest BCUT2D eigenvalue weighted by molar-refractivity contribution is 6.10. The van der Waals surface area contributed by atoms with Gasteiger partial charge in [-0.2, -0.15) is 10.2 Å². The summed E-state index contributed by atoms with van der Waals surface area (Å²) in [6.45, 7) is 1.89. The molecule has 1 aromatic heterocycles. The number of carbonyl (C=O) groups excluding carboxylic acids is 1. The number of benzene rings is 2. The first-order chi connectivity index (χ1) is 11.7. The summed E-state index contributed by atoms with van der Waals surface area (Å²) in [5.74, 6) is 0.248. The van der Waals surface area contributed by atoms with Crippen LogP contribution in [0.1, 0.15) is 47.4 Å². The van der Waals surface area contributed by atoms with Crippen LogP contribution in [0.5, 0.6) is 0 Å². The Labute approximate surface area is 139 Å². The molecule has 0 aliphatic heterocycles. The van der Waals surface area contributed by atoms with Gasteiger partial charge >= 0.3 is 0 Å². The second-order valence-corrected chi connectivity index (χ2v) is 6.15. The summed E-state index contributed by atoms with van der Waals surface area (Å²) in [7, 11) is 0. The van der Waals surface area contributed by atoms with Crippen molar-refractivity contribution in [2.75, 3.05) is 0 Å². The monoisotopic (exact) mass is 318 g/mol. The van der Waals surface area contributed by atoms with E-state index in [0.29, 0.717) is 11.6 Å². The molecule has 1 heterocycles. The van der Waals surface area contributed by atoms with Gasteiger partial charge in [0.15, 0.2) is 5.69 Å². The minimum atomic E-state index is -0.294. The summed E-state index contributed by atoms with van der Waals surface area (Å²) in [5.41, 5.74) is 5.79. The topological polar surface area (TPSA) is 70.1 Å². The number of rotatable bonds is 4. The lowest BCUT2D eigenvalue weighted by Gasteiger charge is -2.06. The molecule has 24 heavy (non-hydrogen) atoms. The molecule has 3 aromatic rings. The number of hydrogen-bond acceptors (Lipinski definition) is 3. The van der Waals surface area contributed by atoms with Crippen molar-refractivity contribution >= 4 is 22.4 Å². The first-order valence-electron chi connectivity index (χ1n) is 8.10. The molecule has 0 spiro atoms. The smallest absolute Gasteiger partial charge is 0.281 e. The van der Waals surface area contributed by atoms with Crippen LogP contribution in [0.3, 0.4) is 0 Å². The van der Waals surface area contributed by atoms with Gasteiger partial charge < -0.3 is 0 Å². The molecule has 1 saturated carbocycles. The summed E-state index contributed by atoms with van der Waals surface area (Å²) < 4.78 is 0. The van der Waals surface area contributed by atoms with Crippen LogP contribution in [-0.4, -0.2) is 21.8 Å². The van der Waals surface area contributed by atoms with Crippen LogP contribution in [-0.2, 0) is 0 Å². The third-order valence-electron chi connectivity index (χ3n) is 4.35. The largest absolute Gasteiger partial charge is 0.291 e. The number of aromatic amines is 1. The number of fused-ring (bicyclic) bond motifs is 1. The van der Waals surface area contributed by atoms with Gasteiger partial charge in [-0.15, -0.1) is 0 Å². The van der Waals surface area contributed by atoms with Crippen molar-refractivity contribution in [1.82, 2.24) is 15.6 Å². The highest BCUT2D eigenvalue weighted by Crippen LogP contribution is 2.38. The Balaban J connectivity index is 1.54. The molecule has 0 radical (unpaired) electrons. The highest BCUT2D eigenvalue weighted by Gasteiger charge is 2.26. The van der Waals surface area contributed by atoms with Gasteiger partial charge in [0.05, 0.1) is 5.71 Å². The van der Waals surface area contributed by atoms with E-state index in [1.54, 1.807) is 0 Å². The van der Waals surface area contributed by atoms with Crippen LogP contribution in [0, 0.1) is 0 Å². The molecular formula is C19H18N4O. The van der Waals surface area contributed by atoms with E-state index in [0.717, 1.165) is 27.7 Å². The fourth-order valence-corrected chi connectivity index (χ4v) is 2.85. The van der Waals surface area contributed by atoms with Crippen LogP contribution in [0.2, 0.25) is 0 Å². The number of amides is 1. The Morgan fingerprint density at radius 1 is 1.21 bits per heavy atom. The van der Waals surface area contributed by atoms with Crippen LogP contribution in [0.25, 0.3) is 10.8 Å². The SMILES string of the molecule is CC(=NNC(=O)c1cc(C2CC2)[nH]n1)c1cccc2ccccc12. The molecule has 1 aliphatic rings. The molecule has 2 aromatic carbocycles. The van der Waals surface area contributed by atoms with Crippen molar-refractivity contribution < 1.29 is 4.79 Å². The normalized spacial score (nSPS) is 14.8. The second-order valence-electron chi connectivity index (χ2n) is 6.15. The van der Waals surface area contributed by atoms with Crippen LogP contribution in [0.4, 0.5) is 0 Å². The van der Waals surface area contributed by atoms with Gasteiger partial charge in [-0.05, 0) is 36.6 Å².